The Kier molecular flexibility index (Phi) is 4.66. The van der Waals surface area contributed by atoms with E-state index in [1.54, 1.807) is 0 Å². The maximum Gasteiger partial charge on any atom is 0.448 e. The van der Waals surface area contributed by atoms with Crippen molar-refractivity contribution in [2.24, 2.45) is 17.8 Å². The molecule has 1 aliphatic heterocycles. The van der Waals surface area contributed by atoms with Crippen molar-refractivity contribution in [1.29, 1.82) is 0 Å². The van der Waals surface area contributed by atoms with Gasteiger partial charge in [-0.25, -0.2) is 0 Å². The van der Waals surface area contributed by atoms with Crippen LogP contribution in [0.3, 0.4) is 0 Å². The summed E-state index contributed by atoms with van der Waals surface area (Å²) in [5, 5.41) is 0.162. The molecule has 5 unspecified atom stereocenters. The van der Waals surface area contributed by atoms with Crippen LogP contribution in [-0.4, -0.2) is 40.3 Å². The molecule has 8 heteroatoms. The molecule has 0 aromatic rings. The van der Waals surface area contributed by atoms with Crippen molar-refractivity contribution in [3.05, 3.63) is 0 Å². The summed E-state index contributed by atoms with van der Waals surface area (Å²) in [5.74, 6) is 2.26. The average molecular weight is 403 g/mol. The van der Waals surface area contributed by atoms with Gasteiger partial charge in [-0.2, -0.15) is 0 Å². The predicted molar refractivity (Wildman–Crippen MR) is 107 cm³/mol. The number of fused-ring (bicyclic) bond motifs is 2. The highest BCUT2D eigenvalue weighted by Gasteiger charge is 2.68. The highest BCUT2D eigenvalue weighted by atomic mass is 28.5. The first-order chi connectivity index (χ1) is 10.9. The molecule has 0 N–H and O–H groups in total. The van der Waals surface area contributed by atoms with Gasteiger partial charge in [-0.15, -0.1) is 0 Å². The number of rotatable bonds is 1. The van der Waals surface area contributed by atoms with Gasteiger partial charge in [-0.3, -0.25) is 0 Å². The second-order valence-electron chi connectivity index (χ2n) is 9.10. The fourth-order valence-electron chi connectivity index (χ4n) is 5.58. The van der Waals surface area contributed by atoms with E-state index in [-0.39, 0.29) is 5.04 Å². The first kappa shape index (κ1) is 19.0. The van der Waals surface area contributed by atoms with Gasteiger partial charge in [-0.1, -0.05) is 13.8 Å². The Morgan fingerprint density at radius 2 is 1.67 bits per heavy atom. The normalized spacial score (nSPS) is 48.5. The van der Waals surface area contributed by atoms with E-state index < -0.39 is 34.6 Å². The smallest absolute Gasteiger partial charge is 0.448 e. The standard InChI is InChI=1S/C16H34O4Si4/c1-9-21-17-22(4,5)19-23(6,7)20-24(8,18-21)16(3)13(2)14-10-11-15(16)12-14/h9,13-15H,10-12H2,1-8H3. The third-order valence-electron chi connectivity index (χ3n) is 6.76. The van der Waals surface area contributed by atoms with Gasteiger partial charge in [0, 0.05) is 5.04 Å². The minimum absolute atomic E-state index is 0.162. The van der Waals surface area contributed by atoms with Crippen molar-refractivity contribution in [3.8, 4) is 0 Å². The molecule has 2 aliphatic carbocycles. The van der Waals surface area contributed by atoms with Gasteiger partial charge < -0.3 is 16.5 Å². The zero-order valence-corrected chi connectivity index (χ0v) is 20.6. The molecule has 2 saturated carbocycles. The second kappa shape index (κ2) is 5.88. The van der Waals surface area contributed by atoms with Crippen LogP contribution in [0.4, 0.5) is 0 Å². The second-order valence-corrected chi connectivity index (χ2v) is 22.2. The SMILES string of the molecule is CC=[Si]1O[Si](C)(C)O[Si](C)(C)O[Si](C)(C2(C)C3CCC(C3)C2C)O1. The van der Waals surface area contributed by atoms with Crippen molar-refractivity contribution in [2.45, 2.75) is 77.8 Å². The molecule has 0 aromatic heterocycles. The average Bonchev–Trinajstić information content (AvgIpc) is 2.98. The van der Waals surface area contributed by atoms with Crippen LogP contribution in [0.25, 0.3) is 0 Å². The Bertz CT molecular complexity index is 548. The van der Waals surface area contributed by atoms with Crippen molar-refractivity contribution in [3.63, 3.8) is 0 Å². The van der Waals surface area contributed by atoms with Crippen LogP contribution < -0.4 is 0 Å². The van der Waals surface area contributed by atoms with Gasteiger partial charge in [0.05, 0.1) is 0 Å². The lowest BCUT2D eigenvalue weighted by Crippen LogP contribution is -2.66. The Labute approximate surface area is 152 Å². The van der Waals surface area contributed by atoms with Gasteiger partial charge in [0.25, 0.3) is 0 Å². The lowest BCUT2D eigenvalue weighted by molar-refractivity contribution is 0.176. The molecule has 3 rings (SSSR count). The lowest BCUT2D eigenvalue weighted by Gasteiger charge is -2.53. The summed E-state index contributed by atoms with van der Waals surface area (Å²) in [4.78, 5) is 0. The predicted octanol–water partition coefficient (Wildman–Crippen LogP) is 4.26. The maximum atomic E-state index is 6.94. The Morgan fingerprint density at radius 3 is 2.21 bits per heavy atom. The topological polar surface area (TPSA) is 36.9 Å². The largest absolute Gasteiger partial charge is 0.560 e. The highest BCUT2D eigenvalue weighted by molar-refractivity contribution is 6.91. The molecular formula is C16H34O4Si4. The minimum Gasteiger partial charge on any atom is -0.560 e. The lowest BCUT2D eigenvalue weighted by atomic mass is 9.80. The van der Waals surface area contributed by atoms with Crippen molar-refractivity contribution >= 4 is 40.3 Å². The Balaban J connectivity index is 2.01. The fourth-order valence-corrected chi connectivity index (χ4v) is 24.5. The van der Waals surface area contributed by atoms with Crippen LogP contribution in [-0.2, 0) is 16.5 Å². The zero-order chi connectivity index (χ0) is 18.0. The molecule has 0 spiro atoms. The zero-order valence-electron chi connectivity index (χ0n) is 16.6. The monoisotopic (exact) mass is 402 g/mol. The summed E-state index contributed by atoms with van der Waals surface area (Å²) in [6, 6.07) is 0. The summed E-state index contributed by atoms with van der Waals surface area (Å²) in [5.41, 5.74) is 2.12. The summed E-state index contributed by atoms with van der Waals surface area (Å²) >= 11 is 0. The quantitative estimate of drug-likeness (QED) is 0.614. The van der Waals surface area contributed by atoms with E-state index in [0.29, 0.717) is 5.92 Å². The first-order valence-electron chi connectivity index (χ1n) is 9.37. The Hall–Kier alpha value is 0.258. The van der Waals surface area contributed by atoms with Crippen molar-refractivity contribution < 1.29 is 16.5 Å². The van der Waals surface area contributed by atoms with E-state index in [4.69, 9.17) is 16.5 Å². The van der Waals surface area contributed by atoms with E-state index in [2.05, 4.69) is 59.2 Å². The van der Waals surface area contributed by atoms with E-state index in [1.165, 1.54) is 19.3 Å². The van der Waals surface area contributed by atoms with Crippen LogP contribution >= 0.6 is 0 Å². The van der Waals surface area contributed by atoms with Crippen molar-refractivity contribution in [2.75, 3.05) is 0 Å². The van der Waals surface area contributed by atoms with Crippen molar-refractivity contribution in [1.82, 2.24) is 0 Å². The molecule has 0 amide bonds. The Morgan fingerprint density at radius 1 is 1.00 bits per heavy atom. The van der Waals surface area contributed by atoms with Gasteiger partial charge in [0.15, 0.2) is 0 Å². The summed E-state index contributed by atoms with van der Waals surface area (Å²) in [6.45, 7) is 17.8. The number of hydrogen-bond donors (Lipinski definition) is 0. The molecule has 4 nitrogen and oxygen atoms in total. The van der Waals surface area contributed by atoms with Gasteiger partial charge >= 0.3 is 34.6 Å². The summed E-state index contributed by atoms with van der Waals surface area (Å²) in [7, 11) is -8.40. The molecule has 24 heavy (non-hydrogen) atoms. The molecule has 1 saturated heterocycles. The molecule has 1 heterocycles. The molecule has 2 bridgehead atoms. The molecule has 3 aliphatic rings. The van der Waals surface area contributed by atoms with E-state index in [0.717, 1.165) is 11.8 Å². The highest BCUT2D eigenvalue weighted by Crippen LogP contribution is 2.68. The van der Waals surface area contributed by atoms with E-state index >= 15 is 0 Å². The molecular weight excluding hydrogens is 369 g/mol. The minimum atomic E-state index is -2.46. The van der Waals surface area contributed by atoms with Crippen LogP contribution in [0.5, 0.6) is 0 Å². The molecule has 5 atom stereocenters. The summed E-state index contributed by atoms with van der Waals surface area (Å²) < 4.78 is 26.7. The van der Waals surface area contributed by atoms with E-state index in [9.17, 15) is 0 Å². The van der Waals surface area contributed by atoms with Crippen LogP contribution in [0, 0.1) is 17.8 Å². The third kappa shape index (κ3) is 2.96. The van der Waals surface area contributed by atoms with Crippen LogP contribution in [0.1, 0.15) is 40.0 Å². The van der Waals surface area contributed by atoms with Crippen LogP contribution in [0.2, 0.25) is 37.8 Å². The first-order valence-corrected chi connectivity index (χ1v) is 18.7. The third-order valence-corrected chi connectivity index (χ3v) is 22.6. The fraction of sp³-hybridized carbons (Fsp3) is 0.938. The van der Waals surface area contributed by atoms with E-state index in [1.807, 2.05) is 0 Å². The summed E-state index contributed by atoms with van der Waals surface area (Å²) in [6.07, 6.45) is 4.08. The molecule has 138 valence electrons. The molecule has 0 radical (unpaired) electrons. The van der Waals surface area contributed by atoms with Gasteiger partial charge in [0.2, 0.25) is 0 Å². The number of hydrogen-bond acceptors (Lipinski definition) is 4. The van der Waals surface area contributed by atoms with Gasteiger partial charge in [-0.05, 0) is 82.3 Å². The maximum absolute atomic E-state index is 6.94. The van der Waals surface area contributed by atoms with Crippen LogP contribution in [0.15, 0.2) is 0 Å². The molecule has 0 aromatic carbocycles. The van der Waals surface area contributed by atoms with Gasteiger partial charge in [0.1, 0.15) is 0 Å². The molecule has 3 fully saturated rings.